The molecule has 0 bridgehead atoms. The third-order valence-corrected chi connectivity index (χ3v) is 8.32. The summed E-state index contributed by atoms with van der Waals surface area (Å²) in [5.41, 5.74) is 12.8. The van der Waals surface area contributed by atoms with E-state index in [9.17, 15) is 5.41 Å². The Kier molecular flexibility index (Phi) is 7.89. The third-order valence-electron chi connectivity index (χ3n) is 8.32. The predicted octanol–water partition coefficient (Wildman–Crippen LogP) is 9.39. The van der Waals surface area contributed by atoms with Crippen LogP contribution in [0.25, 0.3) is 55.8 Å². The number of rotatable bonds is 7. The summed E-state index contributed by atoms with van der Waals surface area (Å²) in [4.78, 5) is 18.8. The first-order valence-electron chi connectivity index (χ1n) is 15.9. The Morgan fingerprint density at radius 2 is 1.08 bits per heavy atom. The molecule has 1 aliphatic rings. The molecule has 0 amide bonds. The largest absolute Gasteiger partial charge is 0.298 e. The van der Waals surface area contributed by atoms with Gasteiger partial charge in [-0.05, 0) is 101 Å². The van der Waals surface area contributed by atoms with Gasteiger partial charge in [-0.2, -0.15) is 5.10 Å². The van der Waals surface area contributed by atoms with Gasteiger partial charge in [0.2, 0.25) is 0 Å². The number of nitrogens with zero attached hydrogens (tertiary/aromatic N) is 5. The fourth-order valence-corrected chi connectivity index (χ4v) is 5.79. The van der Waals surface area contributed by atoms with Gasteiger partial charge in [-0.1, -0.05) is 72.8 Å². The number of hydrazone groups is 1. The van der Waals surface area contributed by atoms with Gasteiger partial charge in [-0.15, -0.1) is 0 Å². The van der Waals surface area contributed by atoms with Crippen LogP contribution in [0.2, 0.25) is 0 Å². The van der Waals surface area contributed by atoms with Gasteiger partial charge >= 0.3 is 0 Å². The van der Waals surface area contributed by atoms with Gasteiger partial charge in [0, 0.05) is 23.5 Å². The molecule has 232 valence electrons. The van der Waals surface area contributed by atoms with E-state index in [1.165, 1.54) is 10.8 Å². The Bertz CT molecular complexity index is 2410. The molecule has 0 saturated carbocycles. The lowest BCUT2D eigenvalue weighted by molar-refractivity contribution is 1.22. The maximum absolute atomic E-state index is 9.25. The van der Waals surface area contributed by atoms with Crippen LogP contribution in [-0.2, 0) is 0 Å². The van der Waals surface area contributed by atoms with Crippen LogP contribution in [0.5, 0.6) is 0 Å². The van der Waals surface area contributed by atoms with E-state index >= 15 is 0 Å². The minimum atomic E-state index is 0.246. The molecule has 0 radical (unpaired) electrons. The molecule has 0 atom stereocenters. The molecule has 8 rings (SSSR count). The average Bonchev–Trinajstić information content (AvgIpc) is 3.18. The fourth-order valence-electron chi connectivity index (χ4n) is 5.79. The minimum Gasteiger partial charge on any atom is -0.298 e. The highest BCUT2D eigenvalue weighted by Gasteiger charge is 2.22. The lowest BCUT2D eigenvalue weighted by Crippen LogP contribution is -2.19. The first kappa shape index (κ1) is 29.5. The van der Waals surface area contributed by atoms with Gasteiger partial charge in [0.1, 0.15) is 5.71 Å². The van der Waals surface area contributed by atoms with E-state index < -0.39 is 0 Å². The third kappa shape index (κ3) is 6.28. The van der Waals surface area contributed by atoms with Crippen molar-refractivity contribution in [2.45, 2.75) is 0 Å². The van der Waals surface area contributed by atoms with E-state index in [4.69, 9.17) is 15.1 Å². The summed E-state index contributed by atoms with van der Waals surface area (Å²) in [6, 6.07) is 46.1. The van der Waals surface area contributed by atoms with Gasteiger partial charge in [-0.3, -0.25) is 20.8 Å². The van der Waals surface area contributed by atoms with Crippen LogP contribution >= 0.6 is 0 Å². The summed E-state index contributed by atoms with van der Waals surface area (Å²) in [5, 5.41) is 16.4. The Hall–Kier alpha value is -6.86. The summed E-state index contributed by atoms with van der Waals surface area (Å²) < 4.78 is 0. The monoisotopic (exact) mass is 631 g/mol. The number of benzene rings is 3. The van der Waals surface area contributed by atoms with Crippen LogP contribution in [0.15, 0.2) is 169 Å². The molecule has 4 aromatic heterocycles. The van der Waals surface area contributed by atoms with Gasteiger partial charge in [0.05, 0.1) is 45.6 Å². The second-order valence-corrected chi connectivity index (χ2v) is 11.5. The van der Waals surface area contributed by atoms with Crippen LogP contribution in [0, 0.1) is 5.41 Å². The smallest absolute Gasteiger partial charge is 0.110 e. The first-order chi connectivity index (χ1) is 24.2. The Labute approximate surface area is 283 Å². The number of anilines is 1. The molecule has 49 heavy (non-hydrogen) atoms. The van der Waals surface area contributed by atoms with Crippen molar-refractivity contribution >= 4 is 39.0 Å². The molecule has 7 nitrogen and oxygen atoms in total. The molecule has 0 unspecified atom stereocenters. The fraction of sp³-hybridized carbons (Fsp3) is 0. The average molecular weight is 632 g/mol. The Morgan fingerprint density at radius 3 is 1.78 bits per heavy atom. The molecule has 0 saturated heterocycles. The summed E-state index contributed by atoms with van der Waals surface area (Å²) in [5.74, 6) is 0. The summed E-state index contributed by atoms with van der Waals surface area (Å²) >= 11 is 0. The van der Waals surface area contributed by atoms with Gasteiger partial charge < -0.3 is 0 Å². The van der Waals surface area contributed by atoms with E-state index in [2.05, 4.69) is 70.0 Å². The zero-order valence-corrected chi connectivity index (χ0v) is 26.3. The molecule has 7 heteroatoms. The van der Waals surface area contributed by atoms with Crippen molar-refractivity contribution in [1.82, 2.24) is 19.9 Å². The number of nitrogens with one attached hydrogen (secondary N) is 2. The lowest BCUT2D eigenvalue weighted by atomic mass is 9.91. The van der Waals surface area contributed by atoms with Crippen LogP contribution in [0.1, 0.15) is 11.4 Å². The second-order valence-electron chi connectivity index (χ2n) is 11.5. The number of pyridine rings is 4. The molecular formula is C42H29N7. The van der Waals surface area contributed by atoms with E-state index in [1.54, 1.807) is 12.4 Å². The zero-order chi connectivity index (χ0) is 33.0. The minimum absolute atomic E-state index is 0.246. The molecule has 0 fully saturated rings. The lowest BCUT2D eigenvalue weighted by Gasteiger charge is -2.18. The van der Waals surface area contributed by atoms with Gasteiger partial charge in [-0.25, -0.2) is 9.97 Å². The predicted molar refractivity (Wildman–Crippen MR) is 199 cm³/mol. The van der Waals surface area contributed by atoms with Crippen LogP contribution < -0.4 is 5.43 Å². The summed E-state index contributed by atoms with van der Waals surface area (Å²) in [7, 11) is 0. The number of allylic oxidation sites excluding steroid dienone is 4. The SMILES string of the molecule is N=C1C(c2cccc(-c3ccccn3)n2)=CC(c2cccc(-c3ccccn3)n2)=C/C1=N/Nc1ccc(-c2ccc3ccccc3c2)cc1. The summed E-state index contributed by atoms with van der Waals surface area (Å²) in [6.45, 7) is 0. The second kappa shape index (κ2) is 13.1. The van der Waals surface area contributed by atoms with E-state index in [-0.39, 0.29) is 5.71 Å². The van der Waals surface area contributed by atoms with Crippen LogP contribution in [0.3, 0.4) is 0 Å². The normalized spacial score (nSPS) is 13.6. The molecule has 0 spiro atoms. The Balaban J connectivity index is 1.14. The number of aromatic nitrogens is 4. The van der Waals surface area contributed by atoms with Gasteiger partial charge in [0.25, 0.3) is 0 Å². The zero-order valence-electron chi connectivity index (χ0n) is 26.3. The van der Waals surface area contributed by atoms with Crippen molar-refractivity contribution in [3.05, 3.63) is 175 Å². The van der Waals surface area contributed by atoms with Crippen LogP contribution in [0.4, 0.5) is 5.69 Å². The molecule has 3 aromatic carbocycles. The number of hydrogen-bond acceptors (Lipinski definition) is 7. The number of hydrogen-bond donors (Lipinski definition) is 2. The molecular weight excluding hydrogens is 603 g/mol. The number of fused-ring (bicyclic) bond motifs is 1. The van der Waals surface area contributed by atoms with Gasteiger partial charge in [0.15, 0.2) is 0 Å². The molecule has 4 heterocycles. The molecule has 1 aliphatic carbocycles. The van der Waals surface area contributed by atoms with Crippen molar-refractivity contribution in [3.63, 3.8) is 0 Å². The van der Waals surface area contributed by atoms with Crippen molar-refractivity contribution in [1.29, 1.82) is 5.41 Å². The van der Waals surface area contributed by atoms with E-state index in [0.29, 0.717) is 17.0 Å². The topological polar surface area (TPSA) is 99.8 Å². The highest BCUT2D eigenvalue weighted by Crippen LogP contribution is 2.30. The summed E-state index contributed by atoms with van der Waals surface area (Å²) in [6.07, 6.45) is 7.34. The molecule has 2 N–H and O–H groups in total. The maximum Gasteiger partial charge on any atom is 0.110 e. The van der Waals surface area contributed by atoms with Crippen molar-refractivity contribution in [2.75, 3.05) is 5.43 Å². The first-order valence-corrected chi connectivity index (χ1v) is 15.9. The van der Waals surface area contributed by atoms with Crippen molar-refractivity contribution < 1.29 is 0 Å². The van der Waals surface area contributed by atoms with E-state index in [0.717, 1.165) is 50.9 Å². The van der Waals surface area contributed by atoms with E-state index in [1.807, 2.05) is 97.1 Å². The van der Waals surface area contributed by atoms with Crippen molar-refractivity contribution in [3.8, 4) is 33.9 Å². The molecule has 7 aromatic rings. The standard InChI is InChI=1S/C42H29N7/c43-42-34(36-14-8-16-40(47-36)38-12-4-6-24-45-38)26-32(35-13-7-15-39(46-35)37-11-3-5-23-44-37)27-41(42)49-48-33-21-19-29(20-22-33)31-18-17-28-9-1-2-10-30(28)25-31/h1-27,43,48H/b43-42?,49-41-. The van der Waals surface area contributed by atoms with Crippen molar-refractivity contribution in [2.24, 2.45) is 5.10 Å². The van der Waals surface area contributed by atoms with Crippen LogP contribution in [-0.4, -0.2) is 31.4 Å². The highest BCUT2D eigenvalue weighted by atomic mass is 15.3. The molecule has 0 aliphatic heterocycles. The Morgan fingerprint density at radius 1 is 0.490 bits per heavy atom. The maximum atomic E-state index is 9.25. The quantitative estimate of drug-likeness (QED) is 0.135. The highest BCUT2D eigenvalue weighted by molar-refractivity contribution is 6.62.